The number of piperidine rings is 1. The molecular weight excluding hydrogens is 330 g/mol. The minimum atomic E-state index is -0.806. The van der Waals surface area contributed by atoms with Gasteiger partial charge in [-0.05, 0) is 62.8 Å². The summed E-state index contributed by atoms with van der Waals surface area (Å²) in [5.41, 5.74) is 0.982. The SMILES string of the molecule is CCOC1OC1N1CC[C@@]23CCCCC2(O)[C@@]1(C)Cc1ccc(O)cc13. The van der Waals surface area contributed by atoms with E-state index in [9.17, 15) is 10.2 Å². The van der Waals surface area contributed by atoms with E-state index in [1.165, 1.54) is 11.1 Å². The average Bonchev–Trinajstić information content (AvgIpc) is 3.36. The van der Waals surface area contributed by atoms with E-state index >= 15 is 0 Å². The third-order valence-electron chi connectivity index (χ3n) is 7.70. The summed E-state index contributed by atoms with van der Waals surface area (Å²) >= 11 is 0. The molecule has 2 N–H and O–H groups in total. The molecule has 1 aromatic carbocycles. The molecule has 3 unspecified atom stereocenters. The Hall–Kier alpha value is -1.14. The number of hydrogen-bond acceptors (Lipinski definition) is 5. The molecule has 2 bridgehead atoms. The number of rotatable bonds is 3. The standard InChI is InChI=1S/C21H29NO4/c1-3-25-18-17(26-18)22-11-10-20-8-4-5-9-21(20,24)19(22,2)13-14-6-7-15(23)12-16(14)20/h6-7,12,17-18,23-24H,3-5,8-11,13H2,1-2H3/t17?,18?,19-,20-,21?/m1/s1. The molecule has 2 aliphatic heterocycles. The highest BCUT2D eigenvalue weighted by Gasteiger charge is 2.71. The first kappa shape index (κ1) is 17.0. The van der Waals surface area contributed by atoms with E-state index in [2.05, 4.69) is 17.9 Å². The van der Waals surface area contributed by atoms with Crippen LogP contribution in [0.4, 0.5) is 0 Å². The zero-order valence-corrected chi connectivity index (χ0v) is 15.7. The zero-order chi connectivity index (χ0) is 18.2. The lowest BCUT2D eigenvalue weighted by Crippen LogP contribution is -2.79. The smallest absolute Gasteiger partial charge is 0.199 e. The summed E-state index contributed by atoms with van der Waals surface area (Å²) in [4.78, 5) is 2.37. The van der Waals surface area contributed by atoms with E-state index in [1.54, 1.807) is 6.07 Å². The Kier molecular flexibility index (Phi) is 3.56. The molecule has 5 nitrogen and oxygen atoms in total. The van der Waals surface area contributed by atoms with Gasteiger partial charge in [-0.25, -0.2) is 0 Å². The zero-order valence-electron chi connectivity index (χ0n) is 15.7. The van der Waals surface area contributed by atoms with Crippen molar-refractivity contribution in [3.63, 3.8) is 0 Å². The molecule has 5 rings (SSSR count). The van der Waals surface area contributed by atoms with Gasteiger partial charge >= 0.3 is 0 Å². The van der Waals surface area contributed by atoms with Crippen LogP contribution in [-0.2, 0) is 21.3 Å². The predicted molar refractivity (Wildman–Crippen MR) is 96.9 cm³/mol. The van der Waals surface area contributed by atoms with Gasteiger partial charge in [-0.1, -0.05) is 18.9 Å². The van der Waals surface area contributed by atoms with Gasteiger partial charge in [0.05, 0.1) is 11.1 Å². The van der Waals surface area contributed by atoms with E-state index in [4.69, 9.17) is 9.47 Å². The first-order chi connectivity index (χ1) is 12.5. The number of phenols is 1. The third-order valence-corrected chi connectivity index (χ3v) is 7.70. The molecule has 142 valence electrons. The topological polar surface area (TPSA) is 65.5 Å². The summed E-state index contributed by atoms with van der Waals surface area (Å²) in [5, 5.41) is 22.3. The first-order valence-corrected chi connectivity index (χ1v) is 10.0. The molecule has 1 aromatic rings. The number of benzene rings is 1. The molecule has 1 saturated carbocycles. The lowest BCUT2D eigenvalue weighted by atomic mass is 9.45. The average molecular weight is 359 g/mol. The van der Waals surface area contributed by atoms with Gasteiger partial charge < -0.3 is 19.7 Å². The molecular formula is C21H29NO4. The first-order valence-electron chi connectivity index (χ1n) is 10.0. The largest absolute Gasteiger partial charge is 0.508 e. The second kappa shape index (κ2) is 5.44. The molecule has 3 fully saturated rings. The molecule has 2 saturated heterocycles. The molecule has 2 heterocycles. The molecule has 5 heteroatoms. The summed E-state index contributed by atoms with van der Waals surface area (Å²) in [5.74, 6) is 0.305. The number of nitrogens with zero attached hydrogens (tertiary/aromatic N) is 1. The van der Waals surface area contributed by atoms with Crippen LogP contribution in [0.1, 0.15) is 57.1 Å². The Balaban J connectivity index is 1.63. The minimum absolute atomic E-state index is 0.0532. The van der Waals surface area contributed by atoms with Crippen LogP contribution in [0, 0.1) is 0 Å². The minimum Gasteiger partial charge on any atom is -0.508 e. The fourth-order valence-corrected chi connectivity index (χ4v) is 6.45. The fraction of sp³-hybridized carbons (Fsp3) is 0.714. The molecule has 0 spiro atoms. The number of likely N-dealkylation sites (tertiary alicyclic amines) is 1. The Labute approximate surface area is 154 Å². The van der Waals surface area contributed by atoms with E-state index in [-0.39, 0.29) is 23.5 Å². The molecule has 26 heavy (non-hydrogen) atoms. The lowest BCUT2D eigenvalue weighted by Gasteiger charge is -2.68. The Morgan fingerprint density at radius 2 is 2.08 bits per heavy atom. The van der Waals surface area contributed by atoms with Crippen LogP contribution in [0.5, 0.6) is 5.75 Å². The highest BCUT2D eigenvalue weighted by molar-refractivity contribution is 5.50. The molecule has 5 atom stereocenters. The summed E-state index contributed by atoms with van der Waals surface area (Å²) in [7, 11) is 0. The van der Waals surface area contributed by atoms with Crippen molar-refractivity contribution in [2.45, 2.75) is 81.4 Å². The van der Waals surface area contributed by atoms with Gasteiger partial charge in [0.15, 0.2) is 12.5 Å². The van der Waals surface area contributed by atoms with Crippen LogP contribution >= 0.6 is 0 Å². The van der Waals surface area contributed by atoms with Crippen molar-refractivity contribution in [1.82, 2.24) is 4.90 Å². The van der Waals surface area contributed by atoms with E-state index in [0.717, 1.165) is 45.1 Å². The van der Waals surface area contributed by atoms with Gasteiger partial charge in [-0.15, -0.1) is 0 Å². The summed E-state index contributed by atoms with van der Waals surface area (Å²) in [6.07, 6.45) is 5.43. The number of ether oxygens (including phenoxy) is 2. The summed E-state index contributed by atoms with van der Waals surface area (Å²) < 4.78 is 11.5. The van der Waals surface area contributed by atoms with Crippen LogP contribution in [0.2, 0.25) is 0 Å². The lowest BCUT2D eigenvalue weighted by molar-refractivity contribution is -0.218. The normalized spacial score (nSPS) is 44.3. The highest BCUT2D eigenvalue weighted by atomic mass is 16.8. The van der Waals surface area contributed by atoms with Crippen LogP contribution in [0.15, 0.2) is 18.2 Å². The van der Waals surface area contributed by atoms with Crippen molar-refractivity contribution in [1.29, 1.82) is 0 Å². The quantitative estimate of drug-likeness (QED) is 0.813. The number of phenolic OH excluding ortho intramolecular Hbond substituents is 1. The van der Waals surface area contributed by atoms with Crippen molar-refractivity contribution in [3.8, 4) is 5.75 Å². The van der Waals surface area contributed by atoms with Crippen LogP contribution in [0.3, 0.4) is 0 Å². The second-order valence-electron chi connectivity index (χ2n) is 8.74. The third kappa shape index (κ3) is 1.95. The monoisotopic (exact) mass is 359 g/mol. The number of epoxide rings is 1. The number of fused-ring (bicyclic) bond motifs is 1. The van der Waals surface area contributed by atoms with Gasteiger partial charge in [0, 0.05) is 18.6 Å². The van der Waals surface area contributed by atoms with E-state index in [0.29, 0.717) is 12.4 Å². The molecule has 2 aliphatic carbocycles. The Morgan fingerprint density at radius 1 is 1.27 bits per heavy atom. The van der Waals surface area contributed by atoms with Gasteiger partial charge in [0.1, 0.15) is 5.75 Å². The maximum absolute atomic E-state index is 12.2. The predicted octanol–water partition coefficient (Wildman–Crippen LogP) is 2.67. The van der Waals surface area contributed by atoms with Crippen molar-refractivity contribution in [2.75, 3.05) is 13.2 Å². The second-order valence-corrected chi connectivity index (χ2v) is 8.74. The summed E-state index contributed by atoms with van der Waals surface area (Å²) in [6.45, 7) is 5.73. The molecule has 0 amide bonds. The maximum Gasteiger partial charge on any atom is 0.199 e. The molecule has 4 aliphatic rings. The number of hydrogen-bond donors (Lipinski definition) is 2. The Morgan fingerprint density at radius 3 is 2.88 bits per heavy atom. The van der Waals surface area contributed by atoms with E-state index < -0.39 is 5.60 Å². The van der Waals surface area contributed by atoms with E-state index in [1.807, 2.05) is 13.0 Å². The maximum atomic E-state index is 12.2. The van der Waals surface area contributed by atoms with Gasteiger partial charge in [0.2, 0.25) is 0 Å². The number of aromatic hydroxyl groups is 1. The van der Waals surface area contributed by atoms with Crippen LogP contribution in [-0.4, -0.2) is 51.9 Å². The van der Waals surface area contributed by atoms with Gasteiger partial charge in [-0.2, -0.15) is 0 Å². The molecule has 0 aromatic heterocycles. The highest BCUT2D eigenvalue weighted by Crippen LogP contribution is 2.63. The van der Waals surface area contributed by atoms with Gasteiger partial charge in [-0.3, -0.25) is 4.90 Å². The number of aliphatic hydroxyl groups is 1. The van der Waals surface area contributed by atoms with Crippen molar-refractivity contribution >= 4 is 0 Å². The fourth-order valence-electron chi connectivity index (χ4n) is 6.45. The van der Waals surface area contributed by atoms with Crippen molar-refractivity contribution < 1.29 is 19.7 Å². The van der Waals surface area contributed by atoms with Crippen LogP contribution < -0.4 is 0 Å². The van der Waals surface area contributed by atoms with Crippen LogP contribution in [0.25, 0.3) is 0 Å². The molecule has 0 radical (unpaired) electrons. The van der Waals surface area contributed by atoms with Crippen molar-refractivity contribution in [2.24, 2.45) is 0 Å². The van der Waals surface area contributed by atoms with Crippen molar-refractivity contribution in [3.05, 3.63) is 29.3 Å². The summed E-state index contributed by atoms with van der Waals surface area (Å²) in [6, 6.07) is 5.75. The Bertz CT molecular complexity index is 739. The van der Waals surface area contributed by atoms with Gasteiger partial charge in [0.25, 0.3) is 0 Å².